The van der Waals surface area contributed by atoms with Gasteiger partial charge in [-0.25, -0.2) is 0 Å². The molecule has 0 fully saturated rings. The van der Waals surface area contributed by atoms with E-state index in [0.717, 1.165) is 55.7 Å². The smallest absolute Gasteiger partial charge is 0.135 e. The van der Waals surface area contributed by atoms with Crippen molar-refractivity contribution in [2.24, 2.45) is 0 Å². The average Bonchev–Trinajstić information content (AvgIpc) is 1.63. The van der Waals surface area contributed by atoms with Gasteiger partial charge in [0.05, 0.1) is 33.2 Å². The summed E-state index contributed by atoms with van der Waals surface area (Å²) in [6, 6.07) is 109. The van der Waals surface area contributed by atoms with E-state index in [0.29, 0.717) is 0 Å². The van der Waals surface area contributed by atoms with Crippen molar-refractivity contribution >= 4 is 60.8 Å². The zero-order valence-corrected chi connectivity index (χ0v) is 45.0. The summed E-state index contributed by atoms with van der Waals surface area (Å²) in [5.41, 5.74) is 30.6. The topological polar surface area (TPSA) is 21.3 Å². The Hall–Kier alpha value is -10.7. The monoisotopic (exact) mass is 1050 g/mol. The lowest BCUT2D eigenvalue weighted by molar-refractivity contribution is 0.669. The Morgan fingerprint density at radius 3 is 1.58 bits per heavy atom. The van der Waals surface area contributed by atoms with Crippen molar-refractivity contribution in [3.05, 3.63) is 336 Å². The van der Waals surface area contributed by atoms with Crippen LogP contribution in [0.1, 0.15) is 44.5 Å². The molecule has 2 spiro atoms. The summed E-state index contributed by atoms with van der Waals surface area (Å²) in [6.45, 7) is 0. The van der Waals surface area contributed by atoms with E-state index in [2.05, 4.69) is 289 Å². The van der Waals surface area contributed by atoms with E-state index in [1.807, 2.05) is 12.1 Å². The summed E-state index contributed by atoms with van der Waals surface area (Å²) < 4.78 is 8.80. The Kier molecular flexibility index (Phi) is 8.92. The number of anilines is 3. The van der Waals surface area contributed by atoms with Crippen LogP contribution in [0.3, 0.4) is 0 Å². The molecular weight excluding hydrogens is 1000 g/mol. The van der Waals surface area contributed by atoms with Gasteiger partial charge in [0.15, 0.2) is 0 Å². The van der Waals surface area contributed by atoms with E-state index in [9.17, 15) is 0 Å². The van der Waals surface area contributed by atoms with Crippen molar-refractivity contribution in [3.63, 3.8) is 0 Å². The Morgan fingerprint density at radius 1 is 0.289 bits per heavy atom. The molecular formula is C80H48N2O. The molecule has 3 aliphatic carbocycles. The Bertz CT molecular complexity index is 5260. The Morgan fingerprint density at radius 2 is 0.807 bits per heavy atom. The lowest BCUT2D eigenvalue weighted by Crippen LogP contribution is -2.33. The van der Waals surface area contributed by atoms with Gasteiger partial charge in [-0.15, -0.1) is 0 Å². The van der Waals surface area contributed by atoms with Gasteiger partial charge in [0.1, 0.15) is 11.2 Å². The molecule has 0 N–H and O–H groups in total. The second-order valence-electron chi connectivity index (χ2n) is 23.0. The number of para-hydroxylation sites is 4. The first-order valence-electron chi connectivity index (χ1n) is 28.9. The Labute approximate surface area is 479 Å². The van der Waals surface area contributed by atoms with Crippen LogP contribution in [0.5, 0.6) is 0 Å². The lowest BCUT2D eigenvalue weighted by atomic mass is 9.65. The highest BCUT2D eigenvalue weighted by molar-refractivity contribution is 6.13. The van der Waals surface area contributed by atoms with Gasteiger partial charge in [-0.1, -0.05) is 224 Å². The predicted octanol–water partition coefficient (Wildman–Crippen LogP) is 20.5. The van der Waals surface area contributed by atoms with Crippen LogP contribution in [0.2, 0.25) is 0 Å². The van der Waals surface area contributed by atoms with Crippen molar-refractivity contribution < 1.29 is 4.42 Å². The van der Waals surface area contributed by atoms with E-state index in [-0.39, 0.29) is 0 Å². The maximum atomic E-state index is 6.28. The molecule has 1 atom stereocenters. The SMILES string of the molecule is c1cc(-c2ccc3c(c2)C2(c4ccccc4-3)c3ccccc3-n3c4ccccc4c4cccc2c43)cc(N(c2ccc(-c3ccc4oc5ccccc5c4c3)cc2)c2cccc3c2-c2ccccc2C32c3ccccc3-c3ccccc32)c1. The highest BCUT2D eigenvalue weighted by Crippen LogP contribution is 2.66. The van der Waals surface area contributed by atoms with E-state index < -0.39 is 10.8 Å². The largest absolute Gasteiger partial charge is 0.456 e. The average molecular weight is 1050 g/mol. The minimum atomic E-state index is -0.561. The van der Waals surface area contributed by atoms with Crippen LogP contribution in [-0.4, -0.2) is 4.57 Å². The highest BCUT2D eigenvalue weighted by Gasteiger charge is 2.53. The van der Waals surface area contributed by atoms with Crippen molar-refractivity contribution in [1.82, 2.24) is 4.57 Å². The molecule has 19 rings (SSSR count). The standard InChI is InChI=1S/C80H48N2O/c1-7-27-64-55(20-1)56-21-2-8-28-65(56)79(64)67-30-10-4-25-62(67)77-69(79)32-17-36-74(77)81(53-42-38-49(39-43-53)51-41-45-76-63(47-51)60-24-6-14-37-75(60)83-76)54-19-15-18-50(46-54)52-40-44-58-57-22-3-9-29-66(57)80(71(58)48-52)68-31-11-13-35-73(68)82-72-34-12-5-23-59(72)61-26-16-33-70(80)78(61)82/h1-48H. The summed E-state index contributed by atoms with van der Waals surface area (Å²) >= 11 is 0. The molecule has 0 saturated heterocycles. The molecule has 13 aromatic carbocycles. The number of furan rings is 1. The molecule has 2 aromatic heterocycles. The fourth-order valence-electron chi connectivity index (χ4n) is 16.0. The molecule has 3 heteroatoms. The first-order valence-corrected chi connectivity index (χ1v) is 28.9. The minimum absolute atomic E-state index is 0.489. The third kappa shape index (κ3) is 5.73. The maximum Gasteiger partial charge on any atom is 0.135 e. The first kappa shape index (κ1) is 45.0. The number of aromatic nitrogens is 1. The number of nitrogens with zero attached hydrogens (tertiary/aromatic N) is 2. The molecule has 384 valence electrons. The molecule has 0 radical (unpaired) electrons. The molecule has 1 aliphatic heterocycles. The molecule has 0 bridgehead atoms. The first-order chi connectivity index (χ1) is 41.2. The second kappa shape index (κ2) is 16.4. The maximum absolute atomic E-state index is 6.28. The quantitative estimate of drug-likeness (QED) is 0.171. The third-order valence-electron chi connectivity index (χ3n) is 19.2. The van der Waals surface area contributed by atoms with Gasteiger partial charge < -0.3 is 13.9 Å². The predicted molar refractivity (Wildman–Crippen MR) is 341 cm³/mol. The van der Waals surface area contributed by atoms with Gasteiger partial charge >= 0.3 is 0 Å². The van der Waals surface area contributed by atoms with Crippen molar-refractivity contribution in [1.29, 1.82) is 0 Å². The summed E-state index contributed by atoms with van der Waals surface area (Å²) in [5.74, 6) is 0. The lowest BCUT2D eigenvalue weighted by Gasteiger charge is -2.39. The molecule has 3 nitrogen and oxygen atoms in total. The van der Waals surface area contributed by atoms with E-state index in [1.165, 1.54) is 111 Å². The molecule has 0 amide bonds. The third-order valence-corrected chi connectivity index (χ3v) is 19.2. The Balaban J connectivity index is 0.825. The molecule has 83 heavy (non-hydrogen) atoms. The molecule has 15 aromatic rings. The van der Waals surface area contributed by atoms with Gasteiger partial charge in [-0.05, 0) is 161 Å². The van der Waals surface area contributed by atoms with Gasteiger partial charge in [-0.3, -0.25) is 0 Å². The van der Waals surface area contributed by atoms with E-state index in [1.54, 1.807) is 0 Å². The fraction of sp³-hybridized carbons (Fsp3) is 0.0250. The summed E-state index contributed by atoms with van der Waals surface area (Å²) in [6.07, 6.45) is 0. The summed E-state index contributed by atoms with van der Waals surface area (Å²) in [4.78, 5) is 2.52. The van der Waals surface area contributed by atoms with Gasteiger partial charge in [0.2, 0.25) is 0 Å². The van der Waals surface area contributed by atoms with E-state index >= 15 is 0 Å². The number of fused-ring (bicyclic) bond motifs is 25. The minimum Gasteiger partial charge on any atom is -0.456 e. The summed E-state index contributed by atoms with van der Waals surface area (Å²) in [7, 11) is 0. The van der Waals surface area contributed by atoms with Gasteiger partial charge in [0, 0.05) is 38.5 Å². The van der Waals surface area contributed by atoms with Crippen LogP contribution in [0.4, 0.5) is 17.1 Å². The summed E-state index contributed by atoms with van der Waals surface area (Å²) in [5, 5.41) is 4.81. The molecule has 3 heterocycles. The zero-order chi connectivity index (χ0) is 54.1. The molecule has 0 saturated carbocycles. The molecule has 4 aliphatic rings. The zero-order valence-electron chi connectivity index (χ0n) is 45.0. The van der Waals surface area contributed by atoms with Crippen LogP contribution >= 0.6 is 0 Å². The number of rotatable bonds is 5. The number of hydrogen-bond acceptors (Lipinski definition) is 2. The van der Waals surface area contributed by atoms with Crippen LogP contribution in [0, 0.1) is 0 Å². The van der Waals surface area contributed by atoms with Crippen LogP contribution < -0.4 is 4.90 Å². The van der Waals surface area contributed by atoms with E-state index in [4.69, 9.17) is 4.42 Å². The van der Waals surface area contributed by atoms with Crippen LogP contribution in [-0.2, 0) is 10.8 Å². The van der Waals surface area contributed by atoms with Crippen molar-refractivity contribution in [3.8, 4) is 61.3 Å². The fourth-order valence-corrected chi connectivity index (χ4v) is 16.0. The number of benzene rings is 13. The van der Waals surface area contributed by atoms with Gasteiger partial charge in [-0.2, -0.15) is 0 Å². The number of hydrogen-bond donors (Lipinski definition) is 0. The van der Waals surface area contributed by atoms with Crippen LogP contribution in [0.25, 0.3) is 105 Å². The highest BCUT2D eigenvalue weighted by atomic mass is 16.3. The van der Waals surface area contributed by atoms with Crippen LogP contribution in [0.15, 0.2) is 296 Å². The normalized spacial score (nSPS) is 15.1. The molecule has 1 unspecified atom stereocenters. The van der Waals surface area contributed by atoms with Crippen molar-refractivity contribution in [2.45, 2.75) is 10.8 Å². The second-order valence-corrected chi connectivity index (χ2v) is 23.0. The van der Waals surface area contributed by atoms with Crippen molar-refractivity contribution in [2.75, 3.05) is 4.90 Å². The van der Waals surface area contributed by atoms with Gasteiger partial charge in [0.25, 0.3) is 0 Å².